The predicted octanol–water partition coefficient (Wildman–Crippen LogP) is 3.77. The van der Waals surface area contributed by atoms with Crippen LogP contribution < -0.4 is 5.43 Å². The van der Waals surface area contributed by atoms with Gasteiger partial charge in [0.2, 0.25) is 5.43 Å². The van der Waals surface area contributed by atoms with Crippen molar-refractivity contribution in [3.05, 3.63) is 64.5 Å². The lowest BCUT2D eigenvalue weighted by Gasteiger charge is -2.35. The first kappa shape index (κ1) is 17.8. The van der Waals surface area contributed by atoms with Crippen LogP contribution in [0.15, 0.2) is 57.9 Å². The van der Waals surface area contributed by atoms with Crippen LogP contribution >= 0.6 is 0 Å². The summed E-state index contributed by atoms with van der Waals surface area (Å²) in [5, 5.41) is 10.9. The molecule has 27 heavy (non-hydrogen) atoms. The highest BCUT2D eigenvalue weighted by Gasteiger charge is 2.24. The second-order valence-corrected chi connectivity index (χ2v) is 7.24. The van der Waals surface area contributed by atoms with Crippen LogP contribution in [-0.2, 0) is 11.3 Å². The summed E-state index contributed by atoms with van der Waals surface area (Å²) in [5.41, 5.74) is 2.34. The number of fused-ring (bicyclic) bond motifs is 1. The number of aromatic hydroxyl groups is 1. The van der Waals surface area contributed by atoms with E-state index in [-0.39, 0.29) is 23.4 Å². The van der Waals surface area contributed by atoms with E-state index in [0.29, 0.717) is 28.6 Å². The van der Waals surface area contributed by atoms with Crippen LogP contribution in [0.1, 0.15) is 19.4 Å². The van der Waals surface area contributed by atoms with E-state index in [1.165, 1.54) is 6.26 Å². The largest absolute Gasteiger partial charge is 0.507 e. The number of rotatable bonds is 3. The van der Waals surface area contributed by atoms with E-state index in [4.69, 9.17) is 9.15 Å². The lowest BCUT2D eigenvalue weighted by atomic mass is 10.0. The van der Waals surface area contributed by atoms with Gasteiger partial charge in [-0.2, -0.15) is 0 Å². The molecule has 3 aromatic rings. The van der Waals surface area contributed by atoms with Gasteiger partial charge in [-0.15, -0.1) is 0 Å². The normalized spacial score (nSPS) is 20.8. The minimum Gasteiger partial charge on any atom is -0.507 e. The molecular formula is C22H23NO4. The van der Waals surface area contributed by atoms with Crippen molar-refractivity contribution in [3.63, 3.8) is 0 Å². The molecule has 1 fully saturated rings. The molecule has 0 unspecified atom stereocenters. The summed E-state index contributed by atoms with van der Waals surface area (Å²) in [5.74, 6) is 0.143. The Labute approximate surface area is 157 Å². The Bertz CT molecular complexity index is 1000. The highest BCUT2D eigenvalue weighted by atomic mass is 16.5. The highest BCUT2D eigenvalue weighted by Crippen LogP contribution is 2.29. The Morgan fingerprint density at radius 1 is 1.07 bits per heavy atom. The smallest absolute Gasteiger partial charge is 0.200 e. The molecule has 0 aliphatic carbocycles. The molecule has 140 valence electrons. The van der Waals surface area contributed by atoms with Gasteiger partial charge >= 0.3 is 0 Å². The maximum atomic E-state index is 13.0. The summed E-state index contributed by atoms with van der Waals surface area (Å²) in [6, 6.07) is 12.7. The maximum Gasteiger partial charge on any atom is 0.200 e. The number of phenols is 1. The van der Waals surface area contributed by atoms with E-state index in [1.807, 2.05) is 44.2 Å². The van der Waals surface area contributed by atoms with Crippen molar-refractivity contribution >= 4 is 11.0 Å². The Morgan fingerprint density at radius 3 is 2.48 bits per heavy atom. The van der Waals surface area contributed by atoms with Crippen molar-refractivity contribution in [3.8, 4) is 16.9 Å². The van der Waals surface area contributed by atoms with Gasteiger partial charge in [-0.25, -0.2) is 0 Å². The van der Waals surface area contributed by atoms with Gasteiger partial charge in [0.05, 0.1) is 28.7 Å². The molecule has 2 heterocycles. The SMILES string of the molecule is C[C@H]1CN(Cc2c(O)ccc3c(=O)c(-c4ccccc4)coc23)C[C@H](C)O1. The minimum atomic E-state index is -0.0904. The molecule has 1 saturated heterocycles. The molecule has 1 N–H and O–H groups in total. The highest BCUT2D eigenvalue weighted by molar-refractivity contribution is 5.85. The van der Waals surface area contributed by atoms with Crippen molar-refractivity contribution in [1.82, 2.24) is 4.90 Å². The molecule has 0 radical (unpaired) electrons. The quantitative estimate of drug-likeness (QED) is 0.765. The monoisotopic (exact) mass is 365 g/mol. The van der Waals surface area contributed by atoms with Crippen LogP contribution in [0.4, 0.5) is 0 Å². The third kappa shape index (κ3) is 3.48. The lowest BCUT2D eigenvalue weighted by molar-refractivity contribution is -0.0705. The van der Waals surface area contributed by atoms with E-state index in [9.17, 15) is 9.90 Å². The Kier molecular flexibility index (Phi) is 4.72. The number of benzene rings is 2. The zero-order valence-electron chi connectivity index (χ0n) is 15.5. The zero-order valence-corrected chi connectivity index (χ0v) is 15.5. The van der Waals surface area contributed by atoms with E-state index < -0.39 is 0 Å². The average molecular weight is 365 g/mol. The number of hydrogen-bond donors (Lipinski definition) is 1. The van der Waals surface area contributed by atoms with Gasteiger partial charge in [0.1, 0.15) is 17.6 Å². The summed E-state index contributed by atoms with van der Waals surface area (Å²) >= 11 is 0. The second-order valence-electron chi connectivity index (χ2n) is 7.24. The number of ether oxygens (including phenoxy) is 1. The van der Waals surface area contributed by atoms with Gasteiger partial charge in [-0.3, -0.25) is 9.69 Å². The van der Waals surface area contributed by atoms with Gasteiger partial charge in [-0.05, 0) is 31.5 Å². The molecule has 1 aliphatic heterocycles. The number of morpholine rings is 1. The van der Waals surface area contributed by atoms with Crippen molar-refractivity contribution in [2.75, 3.05) is 13.1 Å². The Hall–Kier alpha value is -2.63. The first-order valence-electron chi connectivity index (χ1n) is 9.22. The van der Waals surface area contributed by atoms with Crippen LogP contribution in [0.25, 0.3) is 22.1 Å². The van der Waals surface area contributed by atoms with Gasteiger partial charge in [-0.1, -0.05) is 30.3 Å². The first-order valence-corrected chi connectivity index (χ1v) is 9.22. The Balaban J connectivity index is 1.76. The average Bonchev–Trinajstić information content (AvgIpc) is 2.64. The molecular weight excluding hydrogens is 342 g/mol. The van der Waals surface area contributed by atoms with Gasteiger partial charge < -0.3 is 14.3 Å². The molecule has 2 atom stereocenters. The summed E-state index contributed by atoms with van der Waals surface area (Å²) in [6.45, 7) is 6.13. The van der Waals surface area contributed by atoms with E-state index >= 15 is 0 Å². The van der Waals surface area contributed by atoms with Crippen LogP contribution in [-0.4, -0.2) is 35.3 Å². The summed E-state index contributed by atoms with van der Waals surface area (Å²) in [4.78, 5) is 15.2. The van der Waals surface area contributed by atoms with E-state index in [1.54, 1.807) is 12.1 Å². The van der Waals surface area contributed by atoms with Crippen molar-refractivity contribution in [1.29, 1.82) is 0 Å². The molecule has 2 aromatic carbocycles. The van der Waals surface area contributed by atoms with Gasteiger partial charge in [0, 0.05) is 19.6 Å². The minimum absolute atomic E-state index is 0.0904. The summed E-state index contributed by atoms with van der Waals surface area (Å²) < 4.78 is 11.6. The van der Waals surface area contributed by atoms with Crippen LogP contribution in [0.3, 0.4) is 0 Å². The molecule has 0 bridgehead atoms. The predicted molar refractivity (Wildman–Crippen MR) is 105 cm³/mol. The molecule has 1 aromatic heterocycles. The third-order valence-corrected chi connectivity index (χ3v) is 4.98. The molecule has 0 spiro atoms. The van der Waals surface area contributed by atoms with E-state index in [2.05, 4.69) is 4.90 Å². The standard InChI is InChI=1S/C22H23NO4/c1-14-10-23(11-15(2)27-14)12-18-20(24)9-8-17-21(25)19(13-26-22(17)18)16-6-4-3-5-7-16/h3-9,13-15,24H,10-12H2,1-2H3/t14-,15-/m0/s1. The van der Waals surface area contributed by atoms with Crippen molar-refractivity contribution in [2.24, 2.45) is 0 Å². The lowest BCUT2D eigenvalue weighted by Crippen LogP contribution is -2.44. The number of hydrogen-bond acceptors (Lipinski definition) is 5. The third-order valence-electron chi connectivity index (χ3n) is 4.98. The van der Waals surface area contributed by atoms with Crippen molar-refractivity contribution < 1.29 is 14.3 Å². The van der Waals surface area contributed by atoms with Crippen LogP contribution in [0.2, 0.25) is 0 Å². The van der Waals surface area contributed by atoms with Crippen LogP contribution in [0, 0.1) is 0 Å². The van der Waals surface area contributed by atoms with Gasteiger partial charge in [0.25, 0.3) is 0 Å². The van der Waals surface area contributed by atoms with Crippen molar-refractivity contribution in [2.45, 2.75) is 32.6 Å². The zero-order chi connectivity index (χ0) is 19.0. The fourth-order valence-corrected chi connectivity index (χ4v) is 3.85. The van der Waals surface area contributed by atoms with Crippen LogP contribution in [0.5, 0.6) is 5.75 Å². The molecule has 0 saturated carbocycles. The Morgan fingerprint density at radius 2 is 1.78 bits per heavy atom. The fourth-order valence-electron chi connectivity index (χ4n) is 3.85. The molecule has 1 aliphatic rings. The van der Waals surface area contributed by atoms with E-state index in [0.717, 1.165) is 18.7 Å². The first-order chi connectivity index (χ1) is 13.0. The maximum absolute atomic E-state index is 13.0. The summed E-state index contributed by atoms with van der Waals surface area (Å²) in [7, 11) is 0. The molecule has 4 rings (SSSR count). The topological polar surface area (TPSA) is 62.9 Å². The van der Waals surface area contributed by atoms with Gasteiger partial charge in [0.15, 0.2) is 0 Å². The number of phenolic OH excluding ortho intramolecular Hbond substituents is 1. The molecule has 5 heteroatoms. The molecule has 5 nitrogen and oxygen atoms in total. The summed E-state index contributed by atoms with van der Waals surface area (Å²) in [6.07, 6.45) is 1.75. The second kappa shape index (κ2) is 7.18. The number of nitrogens with zero attached hydrogens (tertiary/aromatic N) is 1. The molecule has 0 amide bonds. The fraction of sp³-hybridized carbons (Fsp3) is 0.318.